The summed E-state index contributed by atoms with van der Waals surface area (Å²) in [7, 11) is -0.836. The Labute approximate surface area is 178 Å². The molecular formula is C20H20N4O4S2. The number of hydrogen-bond donors (Lipinski definition) is 2. The van der Waals surface area contributed by atoms with E-state index in [9.17, 15) is 18.0 Å². The van der Waals surface area contributed by atoms with Crippen molar-refractivity contribution >= 4 is 38.3 Å². The molecule has 0 saturated carbocycles. The lowest BCUT2D eigenvalue weighted by atomic mass is 10.2. The highest BCUT2D eigenvalue weighted by Crippen LogP contribution is 2.24. The minimum Gasteiger partial charge on any atom is -0.343 e. The van der Waals surface area contributed by atoms with Crippen molar-refractivity contribution < 1.29 is 18.0 Å². The third-order valence-corrected chi connectivity index (χ3v) is 6.67. The Morgan fingerprint density at radius 2 is 1.80 bits per heavy atom. The number of hydrogen-bond acceptors (Lipinski definition) is 6. The Morgan fingerprint density at radius 1 is 1.07 bits per heavy atom. The monoisotopic (exact) mass is 444 g/mol. The molecule has 0 radical (unpaired) electrons. The molecule has 0 aliphatic heterocycles. The summed E-state index contributed by atoms with van der Waals surface area (Å²) in [5.74, 6) is -0.987. The molecule has 1 aromatic heterocycles. The van der Waals surface area contributed by atoms with Crippen LogP contribution >= 0.6 is 11.3 Å². The number of anilines is 1. The molecule has 2 amide bonds. The topological polar surface area (TPSA) is 108 Å². The first-order chi connectivity index (χ1) is 14.3. The Hall–Kier alpha value is -3.08. The van der Waals surface area contributed by atoms with Gasteiger partial charge in [0.25, 0.3) is 5.91 Å². The highest BCUT2D eigenvalue weighted by atomic mass is 32.2. The standard InChI is InChI=1S/C20H20N4O4S2/c1-24(2)30(27,28)16-10-6-9-15(11-16)19(26)21-12-18(25)23-20-22-17(13-29-20)14-7-4-3-5-8-14/h3-11,13H,12H2,1-2H3,(H,21,26)(H,22,23,25). The predicted molar refractivity (Wildman–Crippen MR) is 116 cm³/mol. The zero-order valence-electron chi connectivity index (χ0n) is 16.3. The summed E-state index contributed by atoms with van der Waals surface area (Å²) in [6.45, 7) is -0.274. The molecule has 0 spiro atoms. The number of aromatic nitrogens is 1. The van der Waals surface area contributed by atoms with Crippen LogP contribution in [0.15, 0.2) is 64.9 Å². The van der Waals surface area contributed by atoms with Crippen LogP contribution < -0.4 is 10.6 Å². The fourth-order valence-corrected chi connectivity index (χ4v) is 4.19. The number of nitrogens with one attached hydrogen (secondary N) is 2. The van der Waals surface area contributed by atoms with Gasteiger partial charge in [-0.2, -0.15) is 0 Å². The Morgan fingerprint density at radius 3 is 2.50 bits per heavy atom. The SMILES string of the molecule is CN(C)S(=O)(=O)c1cccc(C(=O)NCC(=O)Nc2nc(-c3ccccc3)cs2)c1. The third-order valence-electron chi connectivity index (χ3n) is 4.10. The quantitative estimate of drug-likeness (QED) is 0.582. The van der Waals surface area contributed by atoms with Crippen molar-refractivity contribution in [1.82, 2.24) is 14.6 Å². The van der Waals surface area contributed by atoms with Gasteiger partial charge in [-0.1, -0.05) is 36.4 Å². The number of thiazole rings is 1. The third kappa shape index (κ3) is 5.09. The van der Waals surface area contributed by atoms with Crippen LogP contribution in [0.4, 0.5) is 5.13 Å². The van der Waals surface area contributed by atoms with Crippen LogP contribution in [-0.4, -0.2) is 50.2 Å². The average Bonchev–Trinajstić information content (AvgIpc) is 3.21. The van der Waals surface area contributed by atoms with Crippen LogP contribution in [-0.2, 0) is 14.8 Å². The predicted octanol–water partition coefficient (Wildman–Crippen LogP) is 2.43. The fourth-order valence-electron chi connectivity index (χ4n) is 2.51. The molecule has 156 valence electrons. The lowest BCUT2D eigenvalue weighted by Gasteiger charge is -2.12. The zero-order chi connectivity index (χ0) is 21.7. The van der Waals surface area contributed by atoms with Gasteiger partial charge in [-0.25, -0.2) is 17.7 Å². The number of sulfonamides is 1. The number of carbonyl (C=O) groups excluding carboxylic acids is 2. The van der Waals surface area contributed by atoms with Crippen LogP contribution in [0.25, 0.3) is 11.3 Å². The van der Waals surface area contributed by atoms with Crippen LogP contribution in [0.1, 0.15) is 10.4 Å². The summed E-state index contributed by atoms with van der Waals surface area (Å²) in [6.07, 6.45) is 0. The van der Waals surface area contributed by atoms with E-state index in [0.717, 1.165) is 15.6 Å². The van der Waals surface area contributed by atoms with Gasteiger partial charge in [0.2, 0.25) is 15.9 Å². The summed E-state index contributed by atoms with van der Waals surface area (Å²) >= 11 is 1.28. The Bertz CT molecular complexity index is 1160. The van der Waals surface area contributed by atoms with Crippen molar-refractivity contribution in [2.24, 2.45) is 0 Å². The minimum atomic E-state index is -3.66. The van der Waals surface area contributed by atoms with E-state index in [4.69, 9.17) is 0 Å². The van der Waals surface area contributed by atoms with E-state index in [0.29, 0.717) is 5.13 Å². The molecule has 0 saturated heterocycles. The van der Waals surface area contributed by atoms with E-state index >= 15 is 0 Å². The van der Waals surface area contributed by atoms with Crippen molar-refractivity contribution in [3.05, 3.63) is 65.5 Å². The number of rotatable bonds is 7. The fraction of sp³-hybridized carbons (Fsp3) is 0.150. The second kappa shape index (κ2) is 9.16. The van der Waals surface area contributed by atoms with Crippen molar-refractivity contribution in [1.29, 1.82) is 0 Å². The molecule has 0 bridgehead atoms. The molecule has 8 nitrogen and oxygen atoms in total. The van der Waals surface area contributed by atoms with E-state index in [2.05, 4.69) is 15.6 Å². The van der Waals surface area contributed by atoms with Gasteiger partial charge < -0.3 is 10.6 Å². The van der Waals surface area contributed by atoms with Crippen LogP contribution in [0.2, 0.25) is 0 Å². The van der Waals surface area contributed by atoms with Crippen molar-refractivity contribution in [3.8, 4) is 11.3 Å². The van der Waals surface area contributed by atoms with Crippen LogP contribution in [0.3, 0.4) is 0 Å². The molecule has 10 heteroatoms. The maximum atomic E-state index is 12.3. The molecule has 30 heavy (non-hydrogen) atoms. The highest BCUT2D eigenvalue weighted by molar-refractivity contribution is 7.89. The van der Waals surface area contributed by atoms with Crippen molar-refractivity contribution in [2.75, 3.05) is 26.0 Å². The molecule has 0 aliphatic rings. The maximum Gasteiger partial charge on any atom is 0.251 e. The van der Waals surface area contributed by atoms with Crippen molar-refractivity contribution in [3.63, 3.8) is 0 Å². The summed E-state index contributed by atoms with van der Waals surface area (Å²) in [6, 6.07) is 15.2. The van der Waals surface area contributed by atoms with Gasteiger partial charge in [0.15, 0.2) is 5.13 Å². The molecule has 0 unspecified atom stereocenters. The minimum absolute atomic E-state index is 0.000767. The van der Waals surface area contributed by atoms with Gasteiger partial charge in [0, 0.05) is 30.6 Å². The number of amides is 2. The van der Waals surface area contributed by atoms with E-state index < -0.39 is 21.8 Å². The normalized spacial score (nSPS) is 11.3. The molecule has 3 rings (SSSR count). The number of carbonyl (C=O) groups is 2. The van der Waals surface area contributed by atoms with Gasteiger partial charge in [-0.3, -0.25) is 9.59 Å². The van der Waals surface area contributed by atoms with E-state index in [1.54, 1.807) is 0 Å². The molecule has 2 N–H and O–H groups in total. The highest BCUT2D eigenvalue weighted by Gasteiger charge is 2.19. The maximum absolute atomic E-state index is 12.3. The van der Waals surface area contributed by atoms with Gasteiger partial charge in [0.1, 0.15) is 0 Å². The van der Waals surface area contributed by atoms with Gasteiger partial charge in [0.05, 0.1) is 17.1 Å². The lowest BCUT2D eigenvalue weighted by molar-refractivity contribution is -0.115. The van der Waals surface area contributed by atoms with Crippen LogP contribution in [0, 0.1) is 0 Å². The second-order valence-corrected chi connectivity index (χ2v) is 9.46. The molecule has 0 atom stereocenters. The Balaban J connectivity index is 1.59. The molecule has 2 aromatic carbocycles. The van der Waals surface area contributed by atoms with E-state index in [-0.39, 0.29) is 17.0 Å². The lowest BCUT2D eigenvalue weighted by Crippen LogP contribution is -2.33. The number of benzene rings is 2. The van der Waals surface area contributed by atoms with Gasteiger partial charge in [-0.05, 0) is 18.2 Å². The molecule has 3 aromatic rings. The summed E-state index contributed by atoms with van der Waals surface area (Å²) in [5.41, 5.74) is 1.83. The average molecular weight is 445 g/mol. The summed E-state index contributed by atoms with van der Waals surface area (Å²) in [4.78, 5) is 28.8. The molecule has 0 fully saturated rings. The van der Waals surface area contributed by atoms with Crippen molar-refractivity contribution in [2.45, 2.75) is 4.90 Å². The second-order valence-electron chi connectivity index (χ2n) is 6.45. The first-order valence-corrected chi connectivity index (χ1v) is 11.2. The first-order valence-electron chi connectivity index (χ1n) is 8.89. The molecular weight excluding hydrogens is 424 g/mol. The van der Waals surface area contributed by atoms with Gasteiger partial charge >= 0.3 is 0 Å². The van der Waals surface area contributed by atoms with Crippen LogP contribution in [0.5, 0.6) is 0 Å². The summed E-state index contributed by atoms with van der Waals surface area (Å²) in [5, 5.41) is 7.38. The van der Waals surface area contributed by atoms with Gasteiger partial charge in [-0.15, -0.1) is 11.3 Å². The zero-order valence-corrected chi connectivity index (χ0v) is 18.0. The summed E-state index contributed by atoms with van der Waals surface area (Å²) < 4.78 is 25.5. The van der Waals surface area contributed by atoms with E-state index in [1.165, 1.54) is 49.7 Å². The first kappa shape index (κ1) is 21.6. The van der Waals surface area contributed by atoms with E-state index in [1.807, 2.05) is 35.7 Å². The smallest absolute Gasteiger partial charge is 0.251 e. The molecule has 0 aliphatic carbocycles. The Kier molecular flexibility index (Phi) is 6.60. The molecule has 1 heterocycles. The largest absolute Gasteiger partial charge is 0.343 e. The number of nitrogens with zero attached hydrogens (tertiary/aromatic N) is 2.